The zero-order valence-electron chi connectivity index (χ0n) is 13.3. The molecular weight excluding hydrogens is 298 g/mol. The van der Waals surface area contributed by atoms with Crippen LogP contribution < -0.4 is 0 Å². The molecule has 3 rings (SSSR count). The van der Waals surface area contributed by atoms with Crippen LogP contribution in [-0.4, -0.2) is 60.1 Å². The highest BCUT2D eigenvalue weighted by molar-refractivity contribution is 7.09. The van der Waals surface area contributed by atoms with Gasteiger partial charge in [0.1, 0.15) is 5.01 Å². The van der Waals surface area contributed by atoms with Crippen LogP contribution in [0.2, 0.25) is 0 Å². The summed E-state index contributed by atoms with van der Waals surface area (Å²) in [5.74, 6) is 0.861. The molecular formula is C16H25N3O2S. The summed E-state index contributed by atoms with van der Waals surface area (Å²) in [7, 11) is 0. The van der Waals surface area contributed by atoms with E-state index < -0.39 is 0 Å². The number of amides is 1. The molecule has 1 aromatic heterocycles. The van der Waals surface area contributed by atoms with Gasteiger partial charge in [-0.2, -0.15) is 0 Å². The third kappa shape index (κ3) is 4.27. The fourth-order valence-corrected chi connectivity index (χ4v) is 3.97. The highest BCUT2D eigenvalue weighted by Gasteiger charge is 2.22. The Morgan fingerprint density at radius 2 is 2.23 bits per heavy atom. The molecule has 22 heavy (non-hydrogen) atoms. The number of carbonyl (C=O) groups is 1. The number of ether oxygens (including phenoxy) is 1. The van der Waals surface area contributed by atoms with Gasteiger partial charge in [0.05, 0.1) is 31.9 Å². The third-order valence-corrected chi connectivity index (χ3v) is 5.29. The molecule has 0 aromatic carbocycles. The highest BCUT2D eigenvalue weighted by Crippen LogP contribution is 2.18. The zero-order chi connectivity index (χ0) is 15.4. The molecule has 3 heterocycles. The topological polar surface area (TPSA) is 45.7 Å². The van der Waals surface area contributed by atoms with Crippen LogP contribution in [-0.2, 0) is 22.5 Å². The zero-order valence-corrected chi connectivity index (χ0v) is 14.1. The quantitative estimate of drug-likeness (QED) is 0.847. The van der Waals surface area contributed by atoms with Crippen LogP contribution in [0, 0.1) is 5.92 Å². The van der Waals surface area contributed by atoms with E-state index >= 15 is 0 Å². The Labute approximate surface area is 136 Å². The maximum Gasteiger partial charge on any atom is 0.228 e. The lowest BCUT2D eigenvalue weighted by Gasteiger charge is -2.30. The number of piperidine rings is 1. The maximum atomic E-state index is 12.4. The molecule has 0 spiro atoms. The molecule has 0 radical (unpaired) electrons. The van der Waals surface area contributed by atoms with Crippen LogP contribution >= 0.6 is 11.3 Å². The smallest absolute Gasteiger partial charge is 0.228 e. The summed E-state index contributed by atoms with van der Waals surface area (Å²) in [6.45, 7) is 8.48. The van der Waals surface area contributed by atoms with Crippen LogP contribution in [0.5, 0.6) is 0 Å². The molecule has 1 atom stereocenters. The van der Waals surface area contributed by atoms with E-state index in [2.05, 4.69) is 16.8 Å². The summed E-state index contributed by atoms with van der Waals surface area (Å²) in [5.41, 5.74) is 0.927. The van der Waals surface area contributed by atoms with E-state index in [0.717, 1.165) is 63.1 Å². The summed E-state index contributed by atoms with van der Waals surface area (Å²) >= 11 is 1.67. The molecule has 5 nitrogen and oxygen atoms in total. The van der Waals surface area contributed by atoms with Gasteiger partial charge in [0, 0.05) is 31.6 Å². The Balaban J connectivity index is 1.51. The third-order valence-electron chi connectivity index (χ3n) is 4.40. The second-order valence-corrected chi connectivity index (χ2v) is 7.33. The number of thiazole rings is 1. The van der Waals surface area contributed by atoms with Crippen molar-refractivity contribution in [2.75, 3.05) is 39.4 Å². The highest BCUT2D eigenvalue weighted by atomic mass is 32.1. The lowest BCUT2D eigenvalue weighted by molar-refractivity contribution is -0.132. The Morgan fingerprint density at radius 1 is 1.41 bits per heavy atom. The number of morpholine rings is 1. The first-order valence-electron chi connectivity index (χ1n) is 8.22. The monoisotopic (exact) mass is 323 g/mol. The van der Waals surface area contributed by atoms with Crippen molar-refractivity contribution < 1.29 is 9.53 Å². The predicted molar refractivity (Wildman–Crippen MR) is 86.9 cm³/mol. The average molecular weight is 323 g/mol. The van der Waals surface area contributed by atoms with E-state index in [-0.39, 0.29) is 5.91 Å². The van der Waals surface area contributed by atoms with Crippen LogP contribution in [0.25, 0.3) is 0 Å². The molecule has 1 aromatic rings. The van der Waals surface area contributed by atoms with Gasteiger partial charge in [-0.25, -0.2) is 4.98 Å². The normalized spacial score (nSPS) is 23.7. The minimum atomic E-state index is 0.231. The molecule has 1 unspecified atom stereocenters. The molecule has 2 aliphatic heterocycles. The van der Waals surface area contributed by atoms with E-state index in [4.69, 9.17) is 4.74 Å². The largest absolute Gasteiger partial charge is 0.379 e. The number of rotatable bonds is 4. The first kappa shape index (κ1) is 15.9. The Bertz CT molecular complexity index is 499. The van der Waals surface area contributed by atoms with Crippen LogP contribution in [0.1, 0.15) is 30.5 Å². The van der Waals surface area contributed by atoms with E-state index in [1.165, 1.54) is 6.42 Å². The molecule has 1 amide bonds. The SMILES string of the molecule is CC1CCCN(C(=O)Cc2csc(CN3CCOCC3)n2)C1. The van der Waals surface area contributed by atoms with Crippen LogP contribution in [0.4, 0.5) is 0 Å². The molecule has 0 N–H and O–H groups in total. The lowest BCUT2D eigenvalue weighted by atomic mass is 10.00. The second-order valence-electron chi connectivity index (χ2n) is 6.39. The van der Waals surface area contributed by atoms with Gasteiger partial charge in [0.25, 0.3) is 0 Å². The van der Waals surface area contributed by atoms with Crippen molar-refractivity contribution in [1.29, 1.82) is 0 Å². The van der Waals surface area contributed by atoms with Gasteiger partial charge in [0.2, 0.25) is 5.91 Å². The van der Waals surface area contributed by atoms with Gasteiger partial charge >= 0.3 is 0 Å². The van der Waals surface area contributed by atoms with Crippen molar-refractivity contribution in [2.45, 2.75) is 32.7 Å². The number of hydrogen-bond acceptors (Lipinski definition) is 5. The van der Waals surface area contributed by atoms with Crippen LogP contribution in [0.3, 0.4) is 0 Å². The first-order valence-corrected chi connectivity index (χ1v) is 9.10. The lowest BCUT2D eigenvalue weighted by Crippen LogP contribution is -2.40. The Kier molecular flexibility index (Phi) is 5.44. The molecule has 122 valence electrons. The van der Waals surface area contributed by atoms with Crippen molar-refractivity contribution in [3.05, 3.63) is 16.1 Å². The van der Waals surface area contributed by atoms with E-state index in [1.54, 1.807) is 11.3 Å². The van der Waals surface area contributed by atoms with Crippen molar-refractivity contribution in [3.63, 3.8) is 0 Å². The van der Waals surface area contributed by atoms with Gasteiger partial charge in [-0.15, -0.1) is 11.3 Å². The van der Waals surface area contributed by atoms with Crippen molar-refractivity contribution >= 4 is 17.2 Å². The van der Waals surface area contributed by atoms with E-state index in [9.17, 15) is 4.79 Å². The number of carbonyl (C=O) groups excluding carboxylic acids is 1. The summed E-state index contributed by atoms with van der Waals surface area (Å²) in [6, 6.07) is 0. The number of aromatic nitrogens is 1. The minimum absolute atomic E-state index is 0.231. The molecule has 2 saturated heterocycles. The summed E-state index contributed by atoms with van der Waals surface area (Å²) < 4.78 is 5.36. The second kappa shape index (κ2) is 7.53. The van der Waals surface area contributed by atoms with Gasteiger partial charge in [-0.1, -0.05) is 6.92 Å². The molecule has 2 aliphatic rings. The van der Waals surface area contributed by atoms with Crippen molar-refractivity contribution in [1.82, 2.24) is 14.8 Å². The fraction of sp³-hybridized carbons (Fsp3) is 0.750. The van der Waals surface area contributed by atoms with E-state index in [0.29, 0.717) is 12.3 Å². The molecule has 0 bridgehead atoms. The Morgan fingerprint density at radius 3 is 3.00 bits per heavy atom. The van der Waals surface area contributed by atoms with E-state index in [1.807, 2.05) is 10.3 Å². The standard InChI is InChI=1S/C16H25N3O2S/c1-13-3-2-4-19(10-13)16(20)9-14-12-22-15(17-14)11-18-5-7-21-8-6-18/h12-13H,2-11H2,1H3. The first-order chi connectivity index (χ1) is 10.7. The van der Waals surface area contributed by atoms with Crippen molar-refractivity contribution in [2.24, 2.45) is 5.92 Å². The summed E-state index contributed by atoms with van der Waals surface area (Å²) in [5, 5.41) is 3.15. The van der Waals surface area contributed by atoms with Gasteiger partial charge in [-0.05, 0) is 18.8 Å². The molecule has 0 aliphatic carbocycles. The molecule has 0 saturated carbocycles. The fourth-order valence-electron chi connectivity index (χ4n) is 3.14. The Hall–Kier alpha value is -0.980. The summed E-state index contributed by atoms with van der Waals surface area (Å²) in [4.78, 5) is 21.4. The minimum Gasteiger partial charge on any atom is -0.379 e. The average Bonchev–Trinajstić information content (AvgIpc) is 2.95. The molecule has 6 heteroatoms. The number of likely N-dealkylation sites (tertiary alicyclic amines) is 1. The number of nitrogens with zero attached hydrogens (tertiary/aromatic N) is 3. The van der Waals surface area contributed by atoms with Gasteiger partial charge in [-0.3, -0.25) is 9.69 Å². The predicted octanol–water partition coefficient (Wildman–Crippen LogP) is 1.78. The number of hydrogen-bond donors (Lipinski definition) is 0. The maximum absolute atomic E-state index is 12.4. The van der Waals surface area contributed by atoms with Crippen LogP contribution in [0.15, 0.2) is 5.38 Å². The van der Waals surface area contributed by atoms with Gasteiger partial charge in [0.15, 0.2) is 0 Å². The van der Waals surface area contributed by atoms with Crippen molar-refractivity contribution in [3.8, 4) is 0 Å². The summed E-state index contributed by atoms with van der Waals surface area (Å²) in [6.07, 6.45) is 2.82. The molecule has 2 fully saturated rings. The van der Waals surface area contributed by atoms with Gasteiger partial charge < -0.3 is 9.64 Å².